The molecular formula is C19H29N3O. The predicted octanol–water partition coefficient (Wildman–Crippen LogP) is 3.24. The Kier molecular flexibility index (Phi) is 6.22. The van der Waals surface area contributed by atoms with E-state index in [9.17, 15) is 4.79 Å². The van der Waals surface area contributed by atoms with Crippen molar-refractivity contribution in [2.45, 2.75) is 52.1 Å². The van der Waals surface area contributed by atoms with Crippen molar-refractivity contribution in [3.63, 3.8) is 0 Å². The molecule has 0 aliphatic carbocycles. The standard InChI is InChI=1S/C19H29N3O/c1-5-13(2)10-18(20-4)19(23)22-14(3)11-15-12-21-17-9-7-6-8-16(15)17/h6-9,12-14,18,20-21H,5,10-11H2,1-4H3,(H,22,23)/t13-,14?,18-/m1/s1. The molecule has 1 aromatic heterocycles. The number of carbonyl (C=O) groups excluding carboxylic acids is 1. The Morgan fingerprint density at radius 1 is 1.26 bits per heavy atom. The van der Waals surface area contributed by atoms with Crippen molar-refractivity contribution in [1.29, 1.82) is 0 Å². The van der Waals surface area contributed by atoms with Crippen LogP contribution in [-0.2, 0) is 11.2 Å². The van der Waals surface area contributed by atoms with Gasteiger partial charge in [0, 0.05) is 23.1 Å². The van der Waals surface area contributed by atoms with Crippen LogP contribution in [0.15, 0.2) is 30.5 Å². The Morgan fingerprint density at radius 3 is 2.70 bits per heavy atom. The summed E-state index contributed by atoms with van der Waals surface area (Å²) in [4.78, 5) is 15.7. The minimum absolute atomic E-state index is 0.0974. The number of amides is 1. The second-order valence-electron chi connectivity index (χ2n) is 6.56. The highest BCUT2D eigenvalue weighted by molar-refractivity contribution is 5.84. The van der Waals surface area contributed by atoms with Crippen LogP contribution < -0.4 is 10.6 Å². The first-order chi connectivity index (χ1) is 11.0. The smallest absolute Gasteiger partial charge is 0.237 e. The predicted molar refractivity (Wildman–Crippen MR) is 96.5 cm³/mol. The van der Waals surface area contributed by atoms with Gasteiger partial charge in [-0.1, -0.05) is 38.5 Å². The Balaban J connectivity index is 1.95. The molecule has 0 radical (unpaired) electrons. The number of aromatic amines is 1. The number of carbonyl (C=O) groups is 1. The lowest BCUT2D eigenvalue weighted by atomic mass is 9.98. The van der Waals surface area contributed by atoms with Crippen LogP contribution in [0.1, 0.15) is 39.2 Å². The van der Waals surface area contributed by atoms with Crippen LogP contribution >= 0.6 is 0 Å². The SMILES string of the molecule is CC[C@@H](C)C[C@@H](NC)C(=O)NC(C)Cc1c[nH]c2ccccc12. The average Bonchev–Trinajstić information content (AvgIpc) is 2.95. The molecule has 1 amide bonds. The van der Waals surface area contributed by atoms with Crippen LogP contribution in [0.4, 0.5) is 0 Å². The third kappa shape index (κ3) is 4.58. The van der Waals surface area contributed by atoms with Crippen molar-refractivity contribution in [3.05, 3.63) is 36.0 Å². The van der Waals surface area contributed by atoms with E-state index in [1.165, 1.54) is 10.9 Å². The number of para-hydroxylation sites is 1. The first-order valence-electron chi connectivity index (χ1n) is 8.57. The highest BCUT2D eigenvalue weighted by atomic mass is 16.2. The quantitative estimate of drug-likeness (QED) is 0.700. The zero-order chi connectivity index (χ0) is 16.8. The van der Waals surface area contributed by atoms with Crippen molar-refractivity contribution < 1.29 is 4.79 Å². The van der Waals surface area contributed by atoms with Crippen molar-refractivity contribution >= 4 is 16.8 Å². The molecular weight excluding hydrogens is 286 g/mol. The summed E-state index contributed by atoms with van der Waals surface area (Å²) in [6.45, 7) is 6.41. The van der Waals surface area contributed by atoms with Gasteiger partial charge in [-0.3, -0.25) is 4.79 Å². The molecule has 0 aliphatic rings. The maximum absolute atomic E-state index is 12.4. The lowest BCUT2D eigenvalue weighted by Gasteiger charge is -2.22. The third-order valence-electron chi connectivity index (χ3n) is 4.59. The summed E-state index contributed by atoms with van der Waals surface area (Å²) in [6.07, 6.45) is 4.84. The topological polar surface area (TPSA) is 56.9 Å². The van der Waals surface area contributed by atoms with Crippen molar-refractivity contribution in [2.75, 3.05) is 7.05 Å². The van der Waals surface area contributed by atoms with Crippen LogP contribution in [0.3, 0.4) is 0 Å². The first kappa shape index (κ1) is 17.5. The zero-order valence-corrected chi connectivity index (χ0v) is 14.6. The Bertz CT molecular complexity index is 634. The Labute approximate surface area is 139 Å². The van der Waals surface area contributed by atoms with Gasteiger partial charge >= 0.3 is 0 Å². The van der Waals surface area contributed by atoms with Crippen LogP contribution in [0, 0.1) is 5.92 Å². The van der Waals surface area contributed by atoms with Gasteiger partial charge in [-0.25, -0.2) is 0 Å². The molecule has 0 fully saturated rings. The van der Waals surface area contributed by atoms with Gasteiger partial charge in [-0.2, -0.15) is 0 Å². The number of benzene rings is 1. The number of hydrogen-bond donors (Lipinski definition) is 3. The molecule has 0 saturated heterocycles. The summed E-state index contributed by atoms with van der Waals surface area (Å²) >= 11 is 0. The summed E-state index contributed by atoms with van der Waals surface area (Å²) in [6, 6.07) is 8.26. The summed E-state index contributed by atoms with van der Waals surface area (Å²) in [5.41, 5.74) is 2.39. The van der Waals surface area contributed by atoms with Crippen molar-refractivity contribution in [2.24, 2.45) is 5.92 Å². The molecule has 3 atom stereocenters. The van der Waals surface area contributed by atoms with E-state index in [2.05, 4.69) is 48.5 Å². The second kappa shape index (κ2) is 8.16. The van der Waals surface area contributed by atoms with E-state index < -0.39 is 0 Å². The number of aromatic nitrogens is 1. The minimum atomic E-state index is -0.115. The molecule has 2 rings (SSSR count). The molecule has 4 heteroatoms. The van der Waals surface area contributed by atoms with Gasteiger partial charge in [0.25, 0.3) is 0 Å². The highest BCUT2D eigenvalue weighted by Crippen LogP contribution is 2.19. The van der Waals surface area contributed by atoms with Crippen LogP contribution in [0.2, 0.25) is 0 Å². The van der Waals surface area contributed by atoms with Crippen molar-refractivity contribution in [3.8, 4) is 0 Å². The van der Waals surface area contributed by atoms with E-state index in [1.807, 2.05) is 25.4 Å². The van der Waals surface area contributed by atoms with E-state index in [0.717, 1.165) is 24.8 Å². The first-order valence-corrected chi connectivity index (χ1v) is 8.57. The van der Waals surface area contributed by atoms with Gasteiger partial charge in [0.1, 0.15) is 0 Å². The fourth-order valence-corrected chi connectivity index (χ4v) is 2.95. The molecule has 1 unspecified atom stereocenters. The van der Waals surface area contributed by atoms with Gasteiger partial charge in [0.05, 0.1) is 6.04 Å². The molecule has 0 spiro atoms. The number of likely N-dealkylation sites (N-methyl/N-ethyl adjacent to an activating group) is 1. The fourth-order valence-electron chi connectivity index (χ4n) is 2.95. The van der Waals surface area contributed by atoms with E-state index in [4.69, 9.17) is 0 Å². The lowest BCUT2D eigenvalue weighted by Crippen LogP contribution is -2.47. The molecule has 1 aromatic carbocycles. The molecule has 23 heavy (non-hydrogen) atoms. The van der Waals surface area contributed by atoms with Gasteiger partial charge in [-0.05, 0) is 44.4 Å². The van der Waals surface area contributed by atoms with Crippen LogP contribution in [0.25, 0.3) is 10.9 Å². The Morgan fingerprint density at radius 2 is 2.00 bits per heavy atom. The number of nitrogens with one attached hydrogen (secondary N) is 3. The normalized spacial score (nSPS) is 15.3. The summed E-state index contributed by atoms with van der Waals surface area (Å²) in [5.74, 6) is 0.641. The zero-order valence-electron chi connectivity index (χ0n) is 14.6. The molecule has 0 aliphatic heterocycles. The molecule has 2 aromatic rings. The van der Waals surface area contributed by atoms with E-state index in [1.54, 1.807) is 0 Å². The van der Waals surface area contributed by atoms with Gasteiger partial charge in [-0.15, -0.1) is 0 Å². The molecule has 0 bridgehead atoms. The largest absolute Gasteiger partial charge is 0.361 e. The molecule has 4 nitrogen and oxygen atoms in total. The van der Waals surface area contributed by atoms with Crippen LogP contribution in [-0.4, -0.2) is 30.0 Å². The average molecular weight is 315 g/mol. The Hall–Kier alpha value is -1.81. The second-order valence-corrected chi connectivity index (χ2v) is 6.56. The molecule has 126 valence electrons. The number of rotatable bonds is 8. The van der Waals surface area contributed by atoms with Gasteiger partial charge < -0.3 is 15.6 Å². The monoisotopic (exact) mass is 315 g/mol. The minimum Gasteiger partial charge on any atom is -0.361 e. The maximum atomic E-state index is 12.4. The number of H-pyrrole nitrogens is 1. The van der Waals surface area contributed by atoms with E-state index in [0.29, 0.717) is 5.92 Å². The van der Waals surface area contributed by atoms with Gasteiger partial charge in [0.2, 0.25) is 5.91 Å². The van der Waals surface area contributed by atoms with Crippen LogP contribution in [0.5, 0.6) is 0 Å². The van der Waals surface area contributed by atoms with Crippen molar-refractivity contribution in [1.82, 2.24) is 15.6 Å². The lowest BCUT2D eigenvalue weighted by molar-refractivity contribution is -0.124. The fraction of sp³-hybridized carbons (Fsp3) is 0.526. The van der Waals surface area contributed by atoms with E-state index in [-0.39, 0.29) is 18.0 Å². The molecule has 3 N–H and O–H groups in total. The molecule has 1 heterocycles. The number of fused-ring (bicyclic) bond motifs is 1. The summed E-state index contributed by atoms with van der Waals surface area (Å²) in [5, 5.41) is 7.53. The maximum Gasteiger partial charge on any atom is 0.237 e. The van der Waals surface area contributed by atoms with Gasteiger partial charge in [0.15, 0.2) is 0 Å². The highest BCUT2D eigenvalue weighted by Gasteiger charge is 2.20. The summed E-state index contributed by atoms with van der Waals surface area (Å²) < 4.78 is 0. The third-order valence-corrected chi connectivity index (χ3v) is 4.59. The number of hydrogen-bond acceptors (Lipinski definition) is 2. The summed E-state index contributed by atoms with van der Waals surface area (Å²) in [7, 11) is 1.86. The van der Waals surface area contributed by atoms with E-state index >= 15 is 0 Å². The molecule has 0 saturated carbocycles.